The van der Waals surface area contributed by atoms with Crippen molar-refractivity contribution in [1.29, 1.82) is 0 Å². The van der Waals surface area contributed by atoms with E-state index in [1.165, 1.54) is 4.90 Å². The summed E-state index contributed by atoms with van der Waals surface area (Å²) in [5.41, 5.74) is 0. The third-order valence-electron chi connectivity index (χ3n) is 2.05. The van der Waals surface area contributed by atoms with Gasteiger partial charge in [-0.15, -0.1) is 23.4 Å². The highest BCUT2D eigenvalue weighted by Crippen LogP contribution is 2.16. The molecule has 0 aromatic heterocycles. The third kappa shape index (κ3) is 6.08. The van der Waals surface area contributed by atoms with Crippen LogP contribution in [-0.2, 0) is 0 Å². The summed E-state index contributed by atoms with van der Waals surface area (Å²) in [5.74, 6) is 1.12. The maximum absolute atomic E-state index is 5.92. The highest BCUT2D eigenvalue weighted by Gasteiger charge is 2.02. The molecule has 1 nitrogen and oxygen atoms in total. The summed E-state index contributed by atoms with van der Waals surface area (Å²) in [6, 6.07) is 10.5. The molecule has 0 radical (unpaired) electrons. The molecule has 0 bridgehead atoms. The van der Waals surface area contributed by atoms with Crippen LogP contribution in [0.2, 0.25) is 0 Å². The van der Waals surface area contributed by atoms with E-state index in [-0.39, 0.29) is 5.38 Å². The van der Waals surface area contributed by atoms with Gasteiger partial charge in [-0.2, -0.15) is 0 Å². The van der Waals surface area contributed by atoms with Crippen LogP contribution in [0, 0.1) is 0 Å². The number of hydrogen-bond donors (Lipinski definition) is 0. The second kappa shape index (κ2) is 7.15. The zero-order valence-corrected chi connectivity index (χ0v) is 10.9. The first kappa shape index (κ1) is 12.9. The first-order chi connectivity index (χ1) is 7.18. The lowest BCUT2D eigenvalue weighted by Gasteiger charge is -2.17. The van der Waals surface area contributed by atoms with Crippen molar-refractivity contribution in [3.05, 3.63) is 30.3 Å². The second-order valence-electron chi connectivity index (χ2n) is 3.70. The van der Waals surface area contributed by atoms with Crippen LogP contribution in [0.25, 0.3) is 0 Å². The molecule has 3 heteroatoms. The average molecular weight is 244 g/mol. The molecule has 15 heavy (non-hydrogen) atoms. The first-order valence-electron chi connectivity index (χ1n) is 5.19. The SMILES string of the molecule is CC(Cl)CN(C)CCSc1ccccc1. The molecule has 0 fully saturated rings. The van der Waals surface area contributed by atoms with Gasteiger partial charge in [0.25, 0.3) is 0 Å². The van der Waals surface area contributed by atoms with E-state index in [0.717, 1.165) is 18.8 Å². The Kier molecular flexibility index (Phi) is 6.15. The van der Waals surface area contributed by atoms with Gasteiger partial charge in [0.2, 0.25) is 0 Å². The van der Waals surface area contributed by atoms with Crippen molar-refractivity contribution in [1.82, 2.24) is 4.90 Å². The molecule has 0 N–H and O–H groups in total. The van der Waals surface area contributed by atoms with E-state index in [4.69, 9.17) is 11.6 Å². The van der Waals surface area contributed by atoms with E-state index in [1.54, 1.807) is 0 Å². The van der Waals surface area contributed by atoms with Crippen LogP contribution in [0.3, 0.4) is 0 Å². The van der Waals surface area contributed by atoms with E-state index in [0.29, 0.717) is 0 Å². The van der Waals surface area contributed by atoms with Crippen LogP contribution in [0.4, 0.5) is 0 Å². The van der Waals surface area contributed by atoms with Crippen molar-refractivity contribution in [3.63, 3.8) is 0 Å². The molecule has 0 aliphatic carbocycles. The fourth-order valence-corrected chi connectivity index (χ4v) is 2.58. The Morgan fingerprint density at radius 2 is 2.00 bits per heavy atom. The smallest absolute Gasteiger partial charge is 0.0434 e. The molecule has 1 aromatic rings. The van der Waals surface area contributed by atoms with Crippen molar-refractivity contribution in [2.45, 2.75) is 17.2 Å². The standard InChI is InChI=1S/C12H18ClNS/c1-11(13)10-14(2)8-9-15-12-6-4-3-5-7-12/h3-7,11H,8-10H2,1-2H3. The van der Waals surface area contributed by atoms with Gasteiger partial charge in [0.05, 0.1) is 0 Å². The van der Waals surface area contributed by atoms with Gasteiger partial charge in [0.1, 0.15) is 0 Å². The van der Waals surface area contributed by atoms with Crippen molar-refractivity contribution in [3.8, 4) is 0 Å². The lowest BCUT2D eigenvalue weighted by Crippen LogP contribution is -2.26. The normalized spacial score (nSPS) is 13.1. The van der Waals surface area contributed by atoms with Gasteiger partial charge in [-0.1, -0.05) is 18.2 Å². The maximum atomic E-state index is 5.92. The molecule has 0 saturated heterocycles. The number of benzene rings is 1. The minimum atomic E-state index is 0.233. The Balaban J connectivity index is 2.16. The van der Waals surface area contributed by atoms with E-state index < -0.39 is 0 Å². The van der Waals surface area contributed by atoms with Gasteiger partial charge in [-0.25, -0.2) is 0 Å². The predicted octanol–water partition coefficient (Wildman–Crippen LogP) is 3.34. The molecular formula is C12H18ClNS. The van der Waals surface area contributed by atoms with Crippen molar-refractivity contribution >= 4 is 23.4 Å². The zero-order chi connectivity index (χ0) is 11.1. The molecule has 0 spiro atoms. The minimum Gasteiger partial charge on any atom is -0.304 e. The molecule has 1 rings (SSSR count). The van der Waals surface area contributed by atoms with E-state index in [1.807, 2.05) is 24.8 Å². The Morgan fingerprint density at radius 3 is 2.60 bits per heavy atom. The van der Waals surface area contributed by atoms with E-state index in [2.05, 4.69) is 36.2 Å². The van der Waals surface area contributed by atoms with Crippen molar-refractivity contribution in [2.24, 2.45) is 0 Å². The van der Waals surface area contributed by atoms with E-state index in [9.17, 15) is 0 Å². The predicted molar refractivity (Wildman–Crippen MR) is 70.0 cm³/mol. The average Bonchev–Trinajstić information content (AvgIpc) is 2.18. The van der Waals surface area contributed by atoms with E-state index >= 15 is 0 Å². The van der Waals surface area contributed by atoms with Crippen LogP contribution < -0.4 is 0 Å². The highest BCUT2D eigenvalue weighted by atomic mass is 35.5. The largest absolute Gasteiger partial charge is 0.304 e. The van der Waals surface area contributed by atoms with Crippen LogP contribution in [0.1, 0.15) is 6.92 Å². The lowest BCUT2D eigenvalue weighted by atomic mass is 10.4. The Labute approximate surface area is 102 Å². The first-order valence-corrected chi connectivity index (χ1v) is 6.61. The highest BCUT2D eigenvalue weighted by molar-refractivity contribution is 7.99. The third-order valence-corrected chi connectivity index (χ3v) is 3.18. The number of halogens is 1. The maximum Gasteiger partial charge on any atom is 0.0434 e. The summed E-state index contributed by atoms with van der Waals surface area (Å²) >= 11 is 7.81. The molecule has 84 valence electrons. The Hall–Kier alpha value is -0.180. The fraction of sp³-hybridized carbons (Fsp3) is 0.500. The van der Waals surface area contributed by atoms with Gasteiger partial charge in [0, 0.05) is 29.1 Å². The monoisotopic (exact) mass is 243 g/mol. The van der Waals surface area contributed by atoms with Crippen molar-refractivity contribution < 1.29 is 0 Å². The lowest BCUT2D eigenvalue weighted by molar-refractivity contribution is 0.359. The zero-order valence-electron chi connectivity index (χ0n) is 9.32. The van der Waals surface area contributed by atoms with Gasteiger partial charge in [0.15, 0.2) is 0 Å². The fourth-order valence-electron chi connectivity index (χ4n) is 1.36. The summed E-state index contributed by atoms with van der Waals surface area (Å²) in [5, 5.41) is 0.233. The number of hydrogen-bond acceptors (Lipinski definition) is 2. The molecule has 1 aromatic carbocycles. The summed E-state index contributed by atoms with van der Waals surface area (Å²) in [6.07, 6.45) is 0. The number of nitrogens with zero attached hydrogens (tertiary/aromatic N) is 1. The molecule has 1 atom stereocenters. The number of rotatable bonds is 6. The van der Waals surface area contributed by atoms with Crippen molar-refractivity contribution in [2.75, 3.05) is 25.9 Å². The molecule has 1 unspecified atom stereocenters. The van der Waals surface area contributed by atoms with Gasteiger partial charge in [-0.3, -0.25) is 0 Å². The molecule has 0 heterocycles. The van der Waals surface area contributed by atoms with Gasteiger partial charge >= 0.3 is 0 Å². The minimum absolute atomic E-state index is 0.233. The summed E-state index contributed by atoms with van der Waals surface area (Å²) in [7, 11) is 2.12. The summed E-state index contributed by atoms with van der Waals surface area (Å²) in [6.45, 7) is 4.07. The Morgan fingerprint density at radius 1 is 1.33 bits per heavy atom. The number of thioether (sulfide) groups is 1. The molecular weight excluding hydrogens is 226 g/mol. The molecule has 0 aliphatic heterocycles. The molecule has 0 amide bonds. The second-order valence-corrected chi connectivity index (χ2v) is 5.62. The molecule has 0 aliphatic rings. The van der Waals surface area contributed by atoms with Gasteiger partial charge in [-0.05, 0) is 26.1 Å². The van der Waals surface area contributed by atoms with Crippen LogP contribution in [0.15, 0.2) is 35.2 Å². The van der Waals surface area contributed by atoms with Crippen LogP contribution in [0.5, 0.6) is 0 Å². The topological polar surface area (TPSA) is 3.24 Å². The summed E-state index contributed by atoms with van der Waals surface area (Å²) in [4.78, 5) is 3.61. The summed E-state index contributed by atoms with van der Waals surface area (Å²) < 4.78 is 0. The van der Waals surface area contributed by atoms with Gasteiger partial charge < -0.3 is 4.90 Å². The quantitative estimate of drug-likeness (QED) is 0.557. The van der Waals surface area contributed by atoms with Crippen LogP contribution in [-0.4, -0.2) is 36.2 Å². The molecule has 0 saturated carbocycles. The number of alkyl halides is 1. The van der Waals surface area contributed by atoms with Crippen LogP contribution >= 0.6 is 23.4 Å². The Bertz CT molecular complexity index is 264.